The molecule has 0 spiro atoms. The average molecular weight is 330 g/mol. The molecule has 2 atom stereocenters. The quantitative estimate of drug-likeness (QED) is 0.545. The van der Waals surface area contributed by atoms with Crippen LogP contribution in [-0.4, -0.2) is 25.8 Å². The van der Waals surface area contributed by atoms with Crippen LogP contribution >= 0.6 is 0 Å². The zero-order chi connectivity index (χ0) is 17.7. The van der Waals surface area contributed by atoms with Crippen LogP contribution in [0.2, 0.25) is 0 Å². The lowest BCUT2D eigenvalue weighted by molar-refractivity contribution is -0.117. The SMILES string of the molecule is C=C1C2=CC(=O)C[C@]1(C)CC/C(C)=C/CC/C(C)=C/[C@@H]2OCOC. The van der Waals surface area contributed by atoms with Gasteiger partial charge in [-0.1, -0.05) is 36.8 Å². The lowest BCUT2D eigenvalue weighted by Gasteiger charge is -2.38. The van der Waals surface area contributed by atoms with Gasteiger partial charge in [0.25, 0.3) is 0 Å². The smallest absolute Gasteiger partial charge is 0.156 e. The van der Waals surface area contributed by atoms with E-state index < -0.39 is 0 Å². The Balaban J connectivity index is 2.44. The molecule has 2 aliphatic carbocycles. The number of allylic oxidation sites excluding steroid dienone is 4. The molecule has 24 heavy (non-hydrogen) atoms. The molecule has 3 nitrogen and oxygen atoms in total. The predicted molar refractivity (Wildman–Crippen MR) is 97.7 cm³/mol. The number of hydrogen-bond acceptors (Lipinski definition) is 3. The fourth-order valence-corrected chi connectivity index (χ4v) is 3.48. The molecule has 2 bridgehead atoms. The molecule has 0 fully saturated rings. The Labute approximate surface area is 146 Å². The van der Waals surface area contributed by atoms with Crippen molar-refractivity contribution in [1.82, 2.24) is 0 Å². The summed E-state index contributed by atoms with van der Waals surface area (Å²) in [6, 6.07) is 0. The molecule has 2 rings (SSSR count). The van der Waals surface area contributed by atoms with Crippen molar-refractivity contribution in [3.63, 3.8) is 0 Å². The fraction of sp³-hybridized carbons (Fsp3) is 0.571. The van der Waals surface area contributed by atoms with Gasteiger partial charge in [-0.15, -0.1) is 0 Å². The van der Waals surface area contributed by atoms with Crippen LogP contribution in [0.4, 0.5) is 0 Å². The third-order valence-corrected chi connectivity index (χ3v) is 5.17. The summed E-state index contributed by atoms with van der Waals surface area (Å²) in [6.45, 7) is 11.0. The van der Waals surface area contributed by atoms with Gasteiger partial charge in [0, 0.05) is 13.5 Å². The molecule has 0 aliphatic heterocycles. The van der Waals surface area contributed by atoms with E-state index in [1.807, 2.05) is 0 Å². The molecule has 0 saturated carbocycles. The summed E-state index contributed by atoms with van der Waals surface area (Å²) in [4.78, 5) is 12.4. The Morgan fingerprint density at radius 2 is 2.04 bits per heavy atom. The van der Waals surface area contributed by atoms with Crippen molar-refractivity contribution >= 4 is 5.78 Å². The molecular formula is C21H30O3. The van der Waals surface area contributed by atoms with Crippen LogP contribution in [0.3, 0.4) is 0 Å². The number of fused-ring (bicyclic) bond motifs is 2. The zero-order valence-electron chi connectivity index (χ0n) is 15.5. The molecule has 0 aromatic heterocycles. The van der Waals surface area contributed by atoms with Crippen LogP contribution in [-0.2, 0) is 14.3 Å². The number of rotatable bonds is 3. The van der Waals surface area contributed by atoms with Gasteiger partial charge < -0.3 is 9.47 Å². The second kappa shape index (κ2) is 8.09. The first-order chi connectivity index (χ1) is 11.4. The summed E-state index contributed by atoms with van der Waals surface area (Å²) in [5.74, 6) is 0.163. The molecule has 3 heteroatoms. The number of ether oxygens (including phenoxy) is 2. The minimum absolute atomic E-state index is 0.163. The molecule has 0 N–H and O–H groups in total. The van der Waals surface area contributed by atoms with Gasteiger partial charge in [0.05, 0.1) is 0 Å². The van der Waals surface area contributed by atoms with Gasteiger partial charge in [-0.05, 0) is 62.2 Å². The lowest BCUT2D eigenvalue weighted by atomic mass is 9.67. The largest absolute Gasteiger partial charge is 0.359 e. The van der Waals surface area contributed by atoms with E-state index in [0.29, 0.717) is 6.42 Å². The maximum atomic E-state index is 12.4. The third kappa shape index (κ3) is 4.55. The number of carbonyl (C=O) groups is 1. The monoisotopic (exact) mass is 330 g/mol. The summed E-state index contributed by atoms with van der Waals surface area (Å²) in [5.41, 5.74) is 4.39. The summed E-state index contributed by atoms with van der Waals surface area (Å²) < 4.78 is 11.0. The first-order valence-electron chi connectivity index (χ1n) is 8.73. The van der Waals surface area contributed by atoms with Crippen LogP contribution in [0.1, 0.15) is 52.9 Å². The van der Waals surface area contributed by atoms with Gasteiger partial charge in [-0.3, -0.25) is 4.79 Å². The van der Waals surface area contributed by atoms with Gasteiger partial charge in [0.15, 0.2) is 5.78 Å². The van der Waals surface area contributed by atoms with E-state index in [0.717, 1.165) is 36.8 Å². The Morgan fingerprint density at radius 1 is 1.29 bits per heavy atom. The minimum Gasteiger partial charge on any atom is -0.359 e. The third-order valence-electron chi connectivity index (χ3n) is 5.17. The topological polar surface area (TPSA) is 35.5 Å². The Morgan fingerprint density at radius 3 is 2.75 bits per heavy atom. The number of hydrogen-bond donors (Lipinski definition) is 0. The minimum atomic E-state index is -0.273. The number of ketones is 1. The van der Waals surface area contributed by atoms with Crippen molar-refractivity contribution in [2.24, 2.45) is 5.41 Å². The normalized spacial score (nSPS) is 33.5. The molecule has 0 aromatic rings. The van der Waals surface area contributed by atoms with Crippen LogP contribution in [0.5, 0.6) is 0 Å². The highest BCUT2D eigenvalue weighted by atomic mass is 16.7. The Bertz CT molecular complexity index is 594. The van der Waals surface area contributed by atoms with Crippen molar-refractivity contribution < 1.29 is 14.3 Å². The fourth-order valence-electron chi connectivity index (χ4n) is 3.48. The van der Waals surface area contributed by atoms with Gasteiger partial charge >= 0.3 is 0 Å². The van der Waals surface area contributed by atoms with E-state index in [2.05, 4.69) is 39.5 Å². The molecule has 0 amide bonds. The highest BCUT2D eigenvalue weighted by molar-refractivity contribution is 5.94. The summed E-state index contributed by atoms with van der Waals surface area (Å²) >= 11 is 0. The predicted octanol–water partition coefficient (Wildman–Crippen LogP) is 4.90. The van der Waals surface area contributed by atoms with E-state index in [1.54, 1.807) is 13.2 Å². The van der Waals surface area contributed by atoms with Gasteiger partial charge in [0.2, 0.25) is 0 Å². The molecule has 2 aliphatic rings. The first-order valence-corrected chi connectivity index (χ1v) is 8.73. The molecule has 0 radical (unpaired) electrons. The Kier molecular flexibility index (Phi) is 6.36. The van der Waals surface area contributed by atoms with Crippen LogP contribution in [0.25, 0.3) is 0 Å². The second-order valence-electron chi connectivity index (χ2n) is 7.38. The van der Waals surface area contributed by atoms with E-state index in [4.69, 9.17) is 9.47 Å². The Hall–Kier alpha value is -1.45. The molecular weight excluding hydrogens is 300 g/mol. The summed E-state index contributed by atoms with van der Waals surface area (Å²) in [6.07, 6.45) is 10.4. The summed E-state index contributed by atoms with van der Waals surface area (Å²) in [7, 11) is 1.61. The van der Waals surface area contributed by atoms with E-state index in [-0.39, 0.29) is 24.1 Å². The highest BCUT2D eigenvalue weighted by Crippen LogP contribution is 2.45. The van der Waals surface area contributed by atoms with Crippen LogP contribution in [0.15, 0.2) is 47.1 Å². The van der Waals surface area contributed by atoms with Crippen LogP contribution < -0.4 is 0 Å². The number of carbonyl (C=O) groups excluding carboxylic acids is 1. The van der Waals surface area contributed by atoms with Gasteiger partial charge in [0.1, 0.15) is 12.9 Å². The lowest BCUT2D eigenvalue weighted by Crippen LogP contribution is -2.32. The van der Waals surface area contributed by atoms with Crippen molar-refractivity contribution in [2.75, 3.05) is 13.9 Å². The van der Waals surface area contributed by atoms with Gasteiger partial charge in [-0.25, -0.2) is 0 Å². The summed E-state index contributed by atoms with van der Waals surface area (Å²) in [5, 5.41) is 0. The first kappa shape index (κ1) is 18.9. The molecule has 0 unspecified atom stereocenters. The van der Waals surface area contributed by atoms with E-state index >= 15 is 0 Å². The van der Waals surface area contributed by atoms with Crippen molar-refractivity contribution in [2.45, 2.75) is 59.0 Å². The molecule has 0 heterocycles. The standard InChI is InChI=1S/C21H30O3/c1-15-7-6-8-16(2)11-20(24-14-23-5)19-12-18(22)13-21(4,10-9-15)17(19)3/h7,11-12,20H,3,6,8-10,13-14H2,1-2,4-5H3/b15-7+,16-11+/t20-,21-/m0/s1. The maximum Gasteiger partial charge on any atom is 0.156 e. The van der Waals surface area contributed by atoms with Crippen LogP contribution in [0, 0.1) is 5.41 Å². The molecule has 0 aromatic carbocycles. The van der Waals surface area contributed by atoms with E-state index in [1.165, 1.54) is 11.1 Å². The van der Waals surface area contributed by atoms with Gasteiger partial charge in [-0.2, -0.15) is 0 Å². The molecule has 132 valence electrons. The number of methoxy groups -OCH3 is 1. The molecule has 0 saturated heterocycles. The maximum absolute atomic E-state index is 12.4. The van der Waals surface area contributed by atoms with Crippen molar-refractivity contribution in [3.8, 4) is 0 Å². The van der Waals surface area contributed by atoms with E-state index in [9.17, 15) is 4.79 Å². The average Bonchev–Trinajstić information content (AvgIpc) is 2.52. The highest BCUT2D eigenvalue weighted by Gasteiger charge is 2.37. The zero-order valence-corrected chi connectivity index (χ0v) is 15.5. The second-order valence-corrected chi connectivity index (χ2v) is 7.38. The van der Waals surface area contributed by atoms with Crippen molar-refractivity contribution in [3.05, 3.63) is 47.1 Å². The van der Waals surface area contributed by atoms with Crippen molar-refractivity contribution in [1.29, 1.82) is 0 Å².